The number of carbonyl (C=O) groups is 2. The van der Waals surface area contributed by atoms with Crippen molar-refractivity contribution in [2.24, 2.45) is 0 Å². The molecule has 0 fully saturated rings. The van der Waals surface area contributed by atoms with Crippen molar-refractivity contribution in [1.29, 1.82) is 0 Å². The number of ketones is 2. The third-order valence-corrected chi connectivity index (χ3v) is 3.70. The second-order valence-electron chi connectivity index (χ2n) is 5.38. The zero-order valence-corrected chi connectivity index (χ0v) is 12.3. The SMILES string of the molecule is CCCC(=O)C(=O)C1=CCCCc2ccc(C(F)(F)F)cc21. The fourth-order valence-corrected chi connectivity index (χ4v) is 2.58. The van der Waals surface area contributed by atoms with E-state index in [1.807, 2.05) is 0 Å². The molecule has 2 nitrogen and oxygen atoms in total. The summed E-state index contributed by atoms with van der Waals surface area (Å²) in [5.74, 6) is -1.22. The van der Waals surface area contributed by atoms with Crippen LogP contribution in [-0.4, -0.2) is 11.6 Å². The lowest BCUT2D eigenvalue weighted by Crippen LogP contribution is -2.16. The molecule has 0 N–H and O–H groups in total. The molecule has 0 aliphatic heterocycles. The molecule has 0 spiro atoms. The van der Waals surface area contributed by atoms with Gasteiger partial charge in [-0.2, -0.15) is 13.2 Å². The quantitative estimate of drug-likeness (QED) is 0.774. The summed E-state index contributed by atoms with van der Waals surface area (Å²) in [4.78, 5) is 24.1. The van der Waals surface area contributed by atoms with Gasteiger partial charge >= 0.3 is 6.18 Å². The molecular weight excluding hydrogens is 293 g/mol. The van der Waals surface area contributed by atoms with Crippen molar-refractivity contribution in [3.8, 4) is 0 Å². The van der Waals surface area contributed by atoms with Gasteiger partial charge in [0.25, 0.3) is 0 Å². The molecule has 0 saturated heterocycles. The predicted octanol–water partition coefficient (Wildman–Crippen LogP) is 4.36. The van der Waals surface area contributed by atoms with Gasteiger partial charge in [-0.1, -0.05) is 19.1 Å². The number of halogens is 3. The van der Waals surface area contributed by atoms with Gasteiger partial charge in [-0.15, -0.1) is 0 Å². The molecule has 0 atom stereocenters. The summed E-state index contributed by atoms with van der Waals surface area (Å²) in [7, 11) is 0. The highest BCUT2D eigenvalue weighted by Crippen LogP contribution is 2.34. The van der Waals surface area contributed by atoms with Crippen LogP contribution in [0, 0.1) is 0 Å². The number of allylic oxidation sites excluding steroid dienone is 2. The van der Waals surface area contributed by atoms with E-state index in [0.717, 1.165) is 18.6 Å². The molecule has 1 aromatic carbocycles. The third-order valence-electron chi connectivity index (χ3n) is 3.70. The summed E-state index contributed by atoms with van der Waals surface area (Å²) in [6, 6.07) is 3.43. The predicted molar refractivity (Wildman–Crippen MR) is 77.3 cm³/mol. The molecule has 22 heavy (non-hydrogen) atoms. The highest BCUT2D eigenvalue weighted by molar-refractivity contribution is 6.54. The number of hydrogen-bond donors (Lipinski definition) is 0. The van der Waals surface area contributed by atoms with Crippen LogP contribution in [0.3, 0.4) is 0 Å². The maximum absolute atomic E-state index is 12.9. The maximum Gasteiger partial charge on any atom is 0.416 e. The molecule has 0 unspecified atom stereocenters. The van der Waals surface area contributed by atoms with Gasteiger partial charge in [0.05, 0.1) is 5.56 Å². The number of benzene rings is 1. The Balaban J connectivity index is 2.48. The normalized spacial score (nSPS) is 14.8. The minimum absolute atomic E-state index is 0.116. The van der Waals surface area contributed by atoms with Crippen LogP contribution in [0.15, 0.2) is 24.3 Å². The number of fused-ring (bicyclic) bond motifs is 1. The number of alkyl halides is 3. The van der Waals surface area contributed by atoms with E-state index in [2.05, 4.69) is 0 Å². The molecule has 0 heterocycles. The lowest BCUT2D eigenvalue weighted by molar-refractivity contribution is -0.137. The third kappa shape index (κ3) is 3.46. The lowest BCUT2D eigenvalue weighted by Gasteiger charge is -2.13. The van der Waals surface area contributed by atoms with E-state index in [-0.39, 0.29) is 17.6 Å². The minimum atomic E-state index is -4.47. The van der Waals surface area contributed by atoms with Gasteiger partial charge in [0, 0.05) is 12.0 Å². The summed E-state index contributed by atoms with van der Waals surface area (Å²) in [5.41, 5.74) is 0.267. The number of aryl methyl sites for hydroxylation is 1. The van der Waals surface area contributed by atoms with Crippen molar-refractivity contribution in [3.63, 3.8) is 0 Å². The second-order valence-corrected chi connectivity index (χ2v) is 5.38. The Morgan fingerprint density at radius 1 is 1.23 bits per heavy atom. The molecular formula is C17H17F3O2. The maximum atomic E-state index is 12.9. The Hall–Kier alpha value is -1.91. The summed E-state index contributed by atoms with van der Waals surface area (Å²) >= 11 is 0. The molecule has 1 aliphatic rings. The van der Waals surface area contributed by atoms with Crippen molar-refractivity contribution in [2.45, 2.75) is 45.2 Å². The highest BCUT2D eigenvalue weighted by Gasteiger charge is 2.32. The zero-order valence-electron chi connectivity index (χ0n) is 12.3. The van der Waals surface area contributed by atoms with Gasteiger partial charge in [0.1, 0.15) is 0 Å². The topological polar surface area (TPSA) is 34.1 Å². The van der Waals surface area contributed by atoms with Crippen LogP contribution in [-0.2, 0) is 22.2 Å². The van der Waals surface area contributed by atoms with E-state index >= 15 is 0 Å². The smallest absolute Gasteiger partial charge is 0.290 e. The minimum Gasteiger partial charge on any atom is -0.290 e. The molecule has 118 valence electrons. The van der Waals surface area contributed by atoms with E-state index in [9.17, 15) is 22.8 Å². The summed E-state index contributed by atoms with van der Waals surface area (Å²) in [5, 5.41) is 0. The molecule has 0 radical (unpaired) electrons. The van der Waals surface area contributed by atoms with Crippen molar-refractivity contribution in [2.75, 3.05) is 0 Å². The Morgan fingerprint density at radius 2 is 1.95 bits per heavy atom. The molecule has 1 aliphatic carbocycles. The van der Waals surface area contributed by atoms with E-state index in [1.54, 1.807) is 13.0 Å². The van der Waals surface area contributed by atoms with Crippen LogP contribution in [0.4, 0.5) is 13.2 Å². The van der Waals surface area contributed by atoms with E-state index in [0.29, 0.717) is 24.8 Å². The second kappa shape index (κ2) is 6.46. The average molecular weight is 310 g/mol. The Morgan fingerprint density at radius 3 is 2.59 bits per heavy atom. The Kier molecular flexibility index (Phi) is 4.84. The molecule has 0 amide bonds. The lowest BCUT2D eigenvalue weighted by atomic mass is 9.92. The monoisotopic (exact) mass is 310 g/mol. The van der Waals surface area contributed by atoms with Crippen molar-refractivity contribution < 1.29 is 22.8 Å². The van der Waals surface area contributed by atoms with Crippen LogP contribution >= 0.6 is 0 Å². The summed E-state index contributed by atoms with van der Waals surface area (Å²) in [6.45, 7) is 1.78. The first-order chi connectivity index (χ1) is 10.3. The molecule has 0 aromatic heterocycles. The summed E-state index contributed by atoms with van der Waals surface area (Å²) < 4.78 is 38.7. The van der Waals surface area contributed by atoms with Crippen LogP contribution in [0.1, 0.15) is 49.3 Å². The van der Waals surface area contributed by atoms with Gasteiger partial charge in [0.15, 0.2) is 0 Å². The van der Waals surface area contributed by atoms with Crippen molar-refractivity contribution in [1.82, 2.24) is 0 Å². The van der Waals surface area contributed by atoms with Gasteiger partial charge in [-0.25, -0.2) is 0 Å². The Bertz CT molecular complexity index is 627. The van der Waals surface area contributed by atoms with Gasteiger partial charge in [-0.05, 0) is 48.9 Å². The van der Waals surface area contributed by atoms with Gasteiger partial charge in [-0.3, -0.25) is 9.59 Å². The molecule has 0 saturated carbocycles. The van der Waals surface area contributed by atoms with E-state index in [4.69, 9.17) is 0 Å². The number of carbonyl (C=O) groups excluding carboxylic acids is 2. The molecule has 1 aromatic rings. The largest absolute Gasteiger partial charge is 0.416 e. The number of rotatable bonds is 4. The highest BCUT2D eigenvalue weighted by atomic mass is 19.4. The van der Waals surface area contributed by atoms with Crippen LogP contribution in [0.2, 0.25) is 0 Å². The Labute approximate surface area is 127 Å². The number of hydrogen-bond acceptors (Lipinski definition) is 2. The zero-order chi connectivity index (χ0) is 16.3. The van der Waals surface area contributed by atoms with Crippen LogP contribution in [0.5, 0.6) is 0 Å². The van der Waals surface area contributed by atoms with Gasteiger partial charge < -0.3 is 0 Å². The first-order valence-corrected chi connectivity index (χ1v) is 7.32. The average Bonchev–Trinajstić information content (AvgIpc) is 2.67. The standard InChI is InChI=1S/C17H17F3O2/c1-2-5-15(21)16(22)13-7-4-3-6-11-8-9-12(10-14(11)13)17(18,19)20/h7-10H,2-6H2,1H3. The fraction of sp³-hybridized carbons (Fsp3) is 0.412. The van der Waals surface area contributed by atoms with Crippen LogP contribution in [0.25, 0.3) is 5.57 Å². The van der Waals surface area contributed by atoms with Crippen molar-refractivity contribution in [3.05, 3.63) is 41.0 Å². The van der Waals surface area contributed by atoms with Crippen molar-refractivity contribution >= 4 is 17.1 Å². The van der Waals surface area contributed by atoms with E-state index in [1.165, 1.54) is 6.07 Å². The van der Waals surface area contributed by atoms with Crippen LogP contribution < -0.4 is 0 Å². The fourth-order valence-electron chi connectivity index (χ4n) is 2.58. The first-order valence-electron chi connectivity index (χ1n) is 7.32. The van der Waals surface area contributed by atoms with Gasteiger partial charge in [0.2, 0.25) is 11.6 Å². The number of Topliss-reactive ketones (excluding diaryl/α,β-unsaturated/α-hetero) is 2. The molecule has 0 bridgehead atoms. The molecule has 2 rings (SSSR count). The molecule has 5 heteroatoms. The summed E-state index contributed by atoms with van der Waals surface area (Å²) in [6.07, 6.45) is -0.293. The first kappa shape index (κ1) is 16.5. The van der Waals surface area contributed by atoms with E-state index < -0.39 is 23.3 Å².